The summed E-state index contributed by atoms with van der Waals surface area (Å²) < 4.78 is 2.18. The summed E-state index contributed by atoms with van der Waals surface area (Å²) in [5.41, 5.74) is 2.23. The molecule has 2 aromatic rings. The van der Waals surface area contributed by atoms with Crippen LogP contribution in [-0.2, 0) is 18.4 Å². The van der Waals surface area contributed by atoms with E-state index in [9.17, 15) is 4.79 Å². The fourth-order valence-corrected chi connectivity index (χ4v) is 4.08. The van der Waals surface area contributed by atoms with Gasteiger partial charge in [0.15, 0.2) is 0 Å². The molecule has 0 bridgehead atoms. The van der Waals surface area contributed by atoms with Gasteiger partial charge in [-0.25, -0.2) is 4.98 Å². The third-order valence-corrected chi connectivity index (χ3v) is 5.90. The number of carbonyl (C=O) groups is 1. The van der Waals surface area contributed by atoms with Crippen molar-refractivity contribution in [3.05, 3.63) is 30.1 Å². The van der Waals surface area contributed by atoms with Crippen LogP contribution in [0, 0.1) is 11.8 Å². The lowest BCUT2D eigenvalue weighted by atomic mass is 9.89. The van der Waals surface area contributed by atoms with E-state index in [0.717, 1.165) is 56.7 Å². The second-order valence-electron chi connectivity index (χ2n) is 7.58. The summed E-state index contributed by atoms with van der Waals surface area (Å²) in [7, 11) is 2.08. The fraction of sp³-hybridized carbons (Fsp3) is 0.600. The number of amides is 1. The van der Waals surface area contributed by atoms with E-state index in [1.54, 1.807) is 0 Å². The summed E-state index contributed by atoms with van der Waals surface area (Å²) >= 11 is 0. The Labute approximate surface area is 149 Å². The number of piperidine rings is 1. The van der Waals surface area contributed by atoms with E-state index in [-0.39, 0.29) is 0 Å². The Kier molecular flexibility index (Phi) is 4.50. The molecule has 0 radical (unpaired) electrons. The lowest BCUT2D eigenvalue weighted by molar-refractivity contribution is -0.134. The predicted molar refractivity (Wildman–Crippen MR) is 99.0 cm³/mol. The topological polar surface area (TPSA) is 50.2 Å². The zero-order valence-corrected chi connectivity index (χ0v) is 15.2. The molecule has 1 aliphatic carbocycles. The molecular weight excluding hydrogens is 312 g/mol. The molecule has 0 spiro atoms. The van der Waals surface area contributed by atoms with Gasteiger partial charge in [0, 0.05) is 32.1 Å². The Morgan fingerprint density at radius 3 is 2.80 bits per heavy atom. The van der Waals surface area contributed by atoms with Gasteiger partial charge in [-0.05, 0) is 37.3 Å². The number of nitrogens with zero attached hydrogens (tertiary/aromatic N) is 3. The number of carbonyl (C=O) groups excluding carboxylic acids is 1. The monoisotopic (exact) mass is 340 g/mol. The molecule has 1 N–H and O–H groups in total. The lowest BCUT2D eigenvalue weighted by Gasteiger charge is -2.39. The number of hydrogen-bond acceptors (Lipinski definition) is 3. The summed E-state index contributed by atoms with van der Waals surface area (Å²) in [5, 5.41) is 3.72. The maximum atomic E-state index is 12.3. The summed E-state index contributed by atoms with van der Waals surface area (Å²) in [5.74, 6) is 2.34. The van der Waals surface area contributed by atoms with Gasteiger partial charge >= 0.3 is 0 Å². The number of fused-ring (bicyclic) bond motifs is 1. The molecule has 5 nitrogen and oxygen atoms in total. The molecule has 2 heterocycles. The third-order valence-electron chi connectivity index (χ3n) is 5.90. The number of aromatic nitrogens is 2. The maximum Gasteiger partial charge on any atom is 0.225 e. The summed E-state index contributed by atoms with van der Waals surface area (Å²) in [6.45, 7) is 4.82. The summed E-state index contributed by atoms with van der Waals surface area (Å²) in [6.07, 6.45) is 4.34. The van der Waals surface area contributed by atoms with Crippen molar-refractivity contribution >= 4 is 16.9 Å². The zero-order valence-electron chi connectivity index (χ0n) is 15.2. The van der Waals surface area contributed by atoms with Crippen LogP contribution >= 0.6 is 0 Å². The standard InChI is InChI=1S/C20H28N4O/c1-3-14-13-24(20(25)15-8-9-15)11-10-16(14)21-12-19-22-17-6-4-5-7-18(17)23(19)2/h4-7,14-16,21H,3,8-13H2,1-2H3/t14-,16-/m0/s1. The van der Waals surface area contributed by atoms with Crippen LogP contribution in [0.5, 0.6) is 0 Å². The first-order chi connectivity index (χ1) is 12.2. The van der Waals surface area contributed by atoms with Crippen LogP contribution in [0.4, 0.5) is 0 Å². The van der Waals surface area contributed by atoms with Crippen LogP contribution in [0.2, 0.25) is 0 Å². The minimum absolute atomic E-state index is 0.335. The van der Waals surface area contributed by atoms with Crippen LogP contribution in [0.25, 0.3) is 11.0 Å². The fourth-order valence-electron chi connectivity index (χ4n) is 4.08. The quantitative estimate of drug-likeness (QED) is 0.910. The van der Waals surface area contributed by atoms with Crippen LogP contribution < -0.4 is 5.32 Å². The van der Waals surface area contributed by atoms with Crippen molar-refractivity contribution in [1.82, 2.24) is 19.8 Å². The normalized spacial score (nSPS) is 24.0. The van der Waals surface area contributed by atoms with Crippen molar-refractivity contribution in [3.8, 4) is 0 Å². The number of aryl methyl sites for hydroxylation is 1. The number of rotatable bonds is 5. The number of nitrogens with one attached hydrogen (secondary N) is 1. The molecule has 5 heteroatoms. The molecule has 2 fully saturated rings. The minimum atomic E-state index is 0.335. The second-order valence-corrected chi connectivity index (χ2v) is 7.58. The molecule has 1 amide bonds. The van der Waals surface area contributed by atoms with E-state index >= 15 is 0 Å². The number of para-hydroxylation sites is 2. The Hall–Kier alpha value is -1.88. The van der Waals surface area contributed by atoms with Crippen LogP contribution in [0.15, 0.2) is 24.3 Å². The number of likely N-dealkylation sites (tertiary alicyclic amines) is 1. The van der Waals surface area contributed by atoms with Gasteiger partial charge in [0.2, 0.25) is 5.91 Å². The highest BCUT2D eigenvalue weighted by atomic mass is 16.2. The maximum absolute atomic E-state index is 12.3. The second kappa shape index (κ2) is 6.79. The molecule has 4 rings (SSSR count). The summed E-state index contributed by atoms with van der Waals surface area (Å²) in [4.78, 5) is 19.2. The Bertz CT molecular complexity index is 764. The zero-order chi connectivity index (χ0) is 17.4. The van der Waals surface area contributed by atoms with Crippen molar-refractivity contribution in [1.29, 1.82) is 0 Å². The van der Waals surface area contributed by atoms with Gasteiger partial charge in [-0.2, -0.15) is 0 Å². The van der Waals surface area contributed by atoms with E-state index in [4.69, 9.17) is 4.98 Å². The number of imidazole rings is 1. The Morgan fingerprint density at radius 2 is 2.08 bits per heavy atom. The molecule has 1 saturated carbocycles. The first-order valence-corrected chi connectivity index (χ1v) is 9.60. The van der Waals surface area contributed by atoms with E-state index in [1.165, 1.54) is 5.52 Å². The summed E-state index contributed by atoms with van der Waals surface area (Å²) in [6, 6.07) is 8.74. The van der Waals surface area contributed by atoms with E-state index in [1.807, 2.05) is 6.07 Å². The minimum Gasteiger partial charge on any atom is -0.342 e. The van der Waals surface area contributed by atoms with Crippen molar-refractivity contribution in [2.24, 2.45) is 18.9 Å². The van der Waals surface area contributed by atoms with E-state index < -0.39 is 0 Å². The first kappa shape index (κ1) is 16.6. The third kappa shape index (κ3) is 3.30. The van der Waals surface area contributed by atoms with Gasteiger partial charge in [0.1, 0.15) is 5.82 Å². The van der Waals surface area contributed by atoms with Gasteiger partial charge in [0.25, 0.3) is 0 Å². The van der Waals surface area contributed by atoms with Gasteiger partial charge in [0.05, 0.1) is 17.6 Å². The number of hydrogen-bond donors (Lipinski definition) is 1. The van der Waals surface area contributed by atoms with E-state index in [2.05, 4.69) is 47.0 Å². The highest BCUT2D eigenvalue weighted by molar-refractivity contribution is 5.81. The molecule has 134 valence electrons. The van der Waals surface area contributed by atoms with Crippen molar-refractivity contribution in [2.75, 3.05) is 13.1 Å². The van der Waals surface area contributed by atoms with Gasteiger partial charge in [-0.15, -0.1) is 0 Å². The van der Waals surface area contributed by atoms with Crippen molar-refractivity contribution in [2.45, 2.75) is 45.2 Å². The number of benzene rings is 1. The highest BCUT2D eigenvalue weighted by Crippen LogP contribution is 2.33. The molecule has 1 aromatic carbocycles. The largest absolute Gasteiger partial charge is 0.342 e. The highest BCUT2D eigenvalue weighted by Gasteiger charge is 2.37. The Balaban J connectivity index is 1.40. The average Bonchev–Trinajstić information content (AvgIpc) is 3.44. The Morgan fingerprint density at radius 1 is 1.28 bits per heavy atom. The molecule has 2 aliphatic rings. The van der Waals surface area contributed by atoms with Gasteiger partial charge in [-0.3, -0.25) is 4.79 Å². The molecule has 2 atom stereocenters. The molecule has 1 aromatic heterocycles. The average molecular weight is 340 g/mol. The predicted octanol–water partition coefficient (Wildman–Crippen LogP) is 2.70. The van der Waals surface area contributed by atoms with Crippen molar-refractivity contribution < 1.29 is 4.79 Å². The van der Waals surface area contributed by atoms with Crippen LogP contribution in [-0.4, -0.2) is 39.5 Å². The van der Waals surface area contributed by atoms with Crippen LogP contribution in [0.3, 0.4) is 0 Å². The SMILES string of the molecule is CC[C@H]1CN(C(=O)C2CC2)CC[C@@H]1NCc1nc2ccccc2n1C. The van der Waals surface area contributed by atoms with E-state index in [0.29, 0.717) is 23.8 Å². The smallest absolute Gasteiger partial charge is 0.225 e. The first-order valence-electron chi connectivity index (χ1n) is 9.60. The molecular formula is C20H28N4O. The lowest BCUT2D eigenvalue weighted by Crippen LogP contribution is -2.51. The molecule has 1 saturated heterocycles. The molecule has 25 heavy (non-hydrogen) atoms. The van der Waals surface area contributed by atoms with Crippen LogP contribution in [0.1, 0.15) is 38.4 Å². The molecule has 0 unspecified atom stereocenters. The van der Waals surface area contributed by atoms with Gasteiger partial charge in [-0.1, -0.05) is 25.5 Å². The van der Waals surface area contributed by atoms with Gasteiger partial charge < -0.3 is 14.8 Å². The van der Waals surface area contributed by atoms with Crippen molar-refractivity contribution in [3.63, 3.8) is 0 Å². The molecule has 1 aliphatic heterocycles.